The van der Waals surface area contributed by atoms with Gasteiger partial charge in [0.25, 0.3) is 0 Å². The summed E-state index contributed by atoms with van der Waals surface area (Å²) in [4.78, 5) is 27.7. The van der Waals surface area contributed by atoms with E-state index in [9.17, 15) is 19.8 Å². The van der Waals surface area contributed by atoms with E-state index in [4.69, 9.17) is 0 Å². The van der Waals surface area contributed by atoms with Crippen molar-refractivity contribution in [2.75, 3.05) is 26.2 Å². The molecule has 0 heterocycles. The van der Waals surface area contributed by atoms with Gasteiger partial charge in [-0.1, -0.05) is 286 Å². The van der Waals surface area contributed by atoms with Crippen molar-refractivity contribution >= 4 is 49.7 Å². The van der Waals surface area contributed by atoms with Gasteiger partial charge in [-0.25, -0.2) is 0 Å². The zero-order chi connectivity index (χ0) is 48.8. The molecule has 0 radical (unpaired) electrons. The molecule has 2 unspecified atom stereocenters. The van der Waals surface area contributed by atoms with Crippen molar-refractivity contribution in [1.29, 1.82) is 0 Å². The molecule has 0 bridgehead atoms. The molecule has 67 heavy (non-hydrogen) atoms. The average molecular weight is 974 g/mol. The topological polar surface area (TPSA) is 86.7 Å². The summed E-state index contributed by atoms with van der Waals surface area (Å²) in [7, 11) is 0. The van der Waals surface area contributed by atoms with Crippen LogP contribution in [0.3, 0.4) is 0 Å². The largest absolute Gasteiger partial charge is 2.00 e. The van der Waals surface area contributed by atoms with Crippen LogP contribution in [0.1, 0.15) is 337 Å². The predicted molar refractivity (Wildman–Crippen MR) is 293 cm³/mol. The van der Waals surface area contributed by atoms with Crippen LogP contribution in [0, 0.1) is 0 Å². The first-order valence-corrected chi connectivity index (χ1v) is 30.2. The number of carboxylic acids is 2. The summed E-state index contributed by atoms with van der Waals surface area (Å²) in [6.45, 7) is 17.7. The molecule has 2 atom stereocenters. The second kappa shape index (κ2) is 60.4. The molecule has 0 N–H and O–H groups in total. The van der Waals surface area contributed by atoms with Crippen LogP contribution >= 0.6 is 0 Å². The molecule has 396 valence electrons. The Morgan fingerprint density at radius 3 is 0.597 bits per heavy atom. The van der Waals surface area contributed by atoms with E-state index in [0.717, 1.165) is 51.9 Å². The summed E-state index contributed by atoms with van der Waals surface area (Å²) in [6.07, 6.45) is 58.4. The van der Waals surface area contributed by atoms with Gasteiger partial charge in [-0.05, 0) is 64.7 Å². The smallest absolute Gasteiger partial charge is 0.550 e. The number of rotatable bonds is 54. The number of nitrogens with zero attached hydrogens (tertiary/aromatic N) is 2. The third-order valence-electron chi connectivity index (χ3n) is 14.3. The van der Waals surface area contributed by atoms with E-state index in [-0.39, 0.29) is 62.7 Å². The van der Waals surface area contributed by atoms with Gasteiger partial charge in [0.05, 0.1) is 0 Å². The number of aliphatic carboxylic acids is 2. The van der Waals surface area contributed by atoms with Crippen molar-refractivity contribution in [2.45, 2.75) is 349 Å². The Bertz CT molecular complexity index is 831. The van der Waals surface area contributed by atoms with E-state index in [2.05, 4.69) is 51.3 Å². The Labute approximate surface area is 451 Å². The number of carbonyl (C=O) groups is 2. The first-order valence-electron chi connectivity index (χ1n) is 30.2. The zero-order valence-electron chi connectivity index (χ0n) is 46.7. The Balaban J connectivity index is -0.00000120. The summed E-state index contributed by atoms with van der Waals surface area (Å²) in [6, 6.07) is 0.328. The summed E-state index contributed by atoms with van der Waals surface area (Å²) >= 11 is 0. The van der Waals surface area contributed by atoms with E-state index in [1.807, 2.05) is 0 Å². The molecule has 6 nitrogen and oxygen atoms in total. The van der Waals surface area contributed by atoms with Crippen LogP contribution in [0.4, 0.5) is 0 Å². The van der Waals surface area contributed by atoms with Gasteiger partial charge in [-0.15, -0.1) is 0 Å². The van der Waals surface area contributed by atoms with Crippen molar-refractivity contribution in [1.82, 2.24) is 9.80 Å². The van der Waals surface area contributed by atoms with Crippen molar-refractivity contribution in [2.24, 2.45) is 0 Å². The SMILES string of the molecule is CCCCCCCCCCCCN(CCCCCCCCCCCC)C(CCC)CC(=O)[O-].CCCCCCCCCCCCN(CCCCCCCCCCCC)C(CCC)CC(=O)[O-].[Ca+2]. The molecule has 0 amide bonds. The van der Waals surface area contributed by atoms with Crippen LogP contribution in [-0.4, -0.2) is 97.7 Å². The molecule has 0 aliphatic carbocycles. The fourth-order valence-corrected chi connectivity index (χ4v) is 10.0. The Kier molecular flexibility index (Phi) is 64.4. The molecule has 0 rings (SSSR count). The van der Waals surface area contributed by atoms with E-state index in [1.165, 1.54) is 257 Å². The predicted octanol–water partition coefficient (Wildman–Crippen LogP) is 16.5. The van der Waals surface area contributed by atoms with Gasteiger partial charge < -0.3 is 29.6 Å². The van der Waals surface area contributed by atoms with Crippen molar-refractivity contribution in [3.8, 4) is 0 Å². The molecule has 0 spiro atoms. The molecular formula is C60H120CaN2O4. The Morgan fingerprint density at radius 1 is 0.284 bits per heavy atom. The monoisotopic (exact) mass is 973 g/mol. The maximum Gasteiger partial charge on any atom is 2.00 e. The summed E-state index contributed by atoms with van der Waals surface area (Å²) in [5.41, 5.74) is 0. The van der Waals surface area contributed by atoms with Gasteiger partial charge in [0.1, 0.15) is 0 Å². The minimum absolute atomic E-state index is 0. The van der Waals surface area contributed by atoms with Crippen LogP contribution < -0.4 is 10.2 Å². The second-order valence-electron chi connectivity index (χ2n) is 20.8. The number of hydrogen-bond donors (Lipinski definition) is 0. The van der Waals surface area contributed by atoms with E-state index < -0.39 is 11.9 Å². The van der Waals surface area contributed by atoms with E-state index >= 15 is 0 Å². The maximum atomic E-state index is 11.3. The van der Waals surface area contributed by atoms with Gasteiger partial charge in [-0.2, -0.15) is 0 Å². The molecule has 0 saturated carbocycles. The summed E-state index contributed by atoms with van der Waals surface area (Å²) in [5, 5.41) is 22.7. The van der Waals surface area contributed by atoms with Gasteiger partial charge in [0, 0.05) is 36.9 Å². The van der Waals surface area contributed by atoms with Gasteiger partial charge in [0.2, 0.25) is 0 Å². The molecule has 0 aliphatic heterocycles. The average Bonchev–Trinajstić information content (AvgIpc) is 3.29. The Morgan fingerprint density at radius 2 is 0.448 bits per heavy atom. The normalized spacial score (nSPS) is 12.3. The number of hydrogen-bond acceptors (Lipinski definition) is 6. The Hall–Kier alpha value is 0.120. The molecule has 7 heteroatoms. The summed E-state index contributed by atoms with van der Waals surface area (Å²) in [5.74, 6) is -1.77. The number of carbonyl (C=O) groups excluding carboxylic acids is 2. The van der Waals surface area contributed by atoms with Crippen LogP contribution in [0.25, 0.3) is 0 Å². The van der Waals surface area contributed by atoms with Gasteiger partial charge in [0.15, 0.2) is 0 Å². The minimum atomic E-state index is -0.885. The maximum absolute atomic E-state index is 11.3. The van der Waals surface area contributed by atoms with E-state index in [1.54, 1.807) is 0 Å². The zero-order valence-corrected chi connectivity index (χ0v) is 49.0. The molecular weight excluding hydrogens is 853 g/mol. The third-order valence-corrected chi connectivity index (χ3v) is 14.3. The molecule has 0 saturated heterocycles. The van der Waals surface area contributed by atoms with Crippen LogP contribution in [-0.2, 0) is 9.59 Å². The molecule has 0 aromatic heterocycles. The van der Waals surface area contributed by atoms with Gasteiger partial charge in [-0.3, -0.25) is 0 Å². The van der Waals surface area contributed by atoms with E-state index in [0.29, 0.717) is 0 Å². The van der Waals surface area contributed by atoms with Crippen molar-refractivity contribution in [3.05, 3.63) is 0 Å². The van der Waals surface area contributed by atoms with Crippen LogP contribution in [0.2, 0.25) is 0 Å². The fourth-order valence-electron chi connectivity index (χ4n) is 10.0. The number of unbranched alkanes of at least 4 members (excludes halogenated alkanes) is 36. The van der Waals surface area contributed by atoms with Gasteiger partial charge >= 0.3 is 37.7 Å². The molecule has 0 aromatic rings. The first kappa shape index (κ1) is 71.4. The molecule has 0 aromatic carbocycles. The fraction of sp³-hybridized carbons (Fsp3) is 0.967. The van der Waals surface area contributed by atoms with Crippen molar-refractivity contribution < 1.29 is 19.8 Å². The van der Waals surface area contributed by atoms with Crippen LogP contribution in [0.5, 0.6) is 0 Å². The minimum Gasteiger partial charge on any atom is -0.550 e. The number of carboxylic acid groups (broad SMARTS) is 2. The second-order valence-corrected chi connectivity index (χ2v) is 20.8. The first-order chi connectivity index (χ1) is 32.3. The standard InChI is InChI=1S/2C30H61NO2.Ca/c2*1-4-7-9-11-13-15-17-19-21-23-26-31(29(25-6-3)28-30(32)33)27-24-22-20-18-16-14-12-10-8-5-2;/h2*29H,4-28H2,1-3H3,(H,32,33);/q;;+2/p-2. The quantitative estimate of drug-likeness (QED) is 0.0446. The molecule has 0 aliphatic rings. The van der Waals surface area contributed by atoms with Crippen molar-refractivity contribution in [3.63, 3.8) is 0 Å². The molecule has 0 fully saturated rings. The summed E-state index contributed by atoms with van der Waals surface area (Å²) < 4.78 is 0. The van der Waals surface area contributed by atoms with Crippen LogP contribution in [0.15, 0.2) is 0 Å². The third kappa shape index (κ3) is 55.3.